The predicted octanol–water partition coefficient (Wildman–Crippen LogP) is 1.78. The average Bonchev–Trinajstić information content (AvgIpc) is 3.20. The summed E-state index contributed by atoms with van der Waals surface area (Å²) in [6.07, 6.45) is 2.23. The second-order valence-corrected chi connectivity index (χ2v) is 5.45. The minimum atomic E-state index is -0.0250. The molecule has 0 spiro atoms. The first-order chi connectivity index (χ1) is 9.03. The molecule has 0 aromatic heterocycles. The Morgan fingerprint density at radius 1 is 1.37 bits per heavy atom. The molecule has 0 bridgehead atoms. The van der Waals surface area contributed by atoms with Crippen molar-refractivity contribution in [3.63, 3.8) is 0 Å². The van der Waals surface area contributed by atoms with E-state index in [1.807, 2.05) is 26.0 Å². The fourth-order valence-corrected chi connectivity index (χ4v) is 2.26. The van der Waals surface area contributed by atoms with E-state index in [2.05, 4.69) is 5.32 Å². The lowest BCUT2D eigenvalue weighted by Gasteiger charge is -2.16. The second kappa shape index (κ2) is 5.21. The maximum Gasteiger partial charge on any atom is 0.251 e. The molecule has 0 heterocycles. The van der Waals surface area contributed by atoms with Gasteiger partial charge in [0.2, 0.25) is 0 Å². The third-order valence-electron chi connectivity index (χ3n) is 4.22. The lowest BCUT2D eigenvalue weighted by Crippen LogP contribution is -2.34. The highest BCUT2D eigenvalue weighted by Gasteiger charge is 2.41. The van der Waals surface area contributed by atoms with Gasteiger partial charge in [0, 0.05) is 17.5 Å². The normalized spacial score (nSPS) is 16.0. The Hall–Kier alpha value is -1.55. The van der Waals surface area contributed by atoms with E-state index in [1.54, 1.807) is 7.11 Å². The van der Waals surface area contributed by atoms with Crippen LogP contribution in [-0.2, 0) is 0 Å². The summed E-state index contributed by atoms with van der Waals surface area (Å²) in [6, 6.07) is 3.66. The van der Waals surface area contributed by atoms with E-state index in [-0.39, 0.29) is 11.3 Å². The molecule has 3 N–H and O–H groups in total. The van der Waals surface area contributed by atoms with Crippen LogP contribution in [0, 0.1) is 19.3 Å². The van der Waals surface area contributed by atoms with E-state index in [9.17, 15) is 4.79 Å². The molecular weight excluding hydrogens is 240 g/mol. The Morgan fingerprint density at radius 3 is 2.58 bits per heavy atom. The molecule has 1 aromatic rings. The van der Waals surface area contributed by atoms with E-state index in [0.29, 0.717) is 18.7 Å². The average molecular weight is 262 g/mol. The summed E-state index contributed by atoms with van der Waals surface area (Å²) in [7, 11) is 1.64. The number of carbonyl (C=O) groups excluding carboxylic acids is 1. The van der Waals surface area contributed by atoms with E-state index in [1.165, 1.54) is 0 Å². The zero-order valence-corrected chi connectivity index (χ0v) is 11.9. The highest BCUT2D eigenvalue weighted by Crippen LogP contribution is 2.43. The lowest BCUT2D eigenvalue weighted by atomic mass is 10.0. The SMILES string of the molecule is COc1ccc(C(=O)NCC2(CN)CC2)c(C)c1C. The third kappa shape index (κ3) is 2.73. The number of rotatable bonds is 5. The largest absolute Gasteiger partial charge is 0.496 e. The summed E-state index contributed by atoms with van der Waals surface area (Å²) in [5.74, 6) is 0.789. The number of ether oxygens (including phenoxy) is 1. The molecule has 19 heavy (non-hydrogen) atoms. The number of methoxy groups -OCH3 is 1. The molecular formula is C15H22N2O2. The van der Waals surface area contributed by atoms with Crippen LogP contribution in [-0.4, -0.2) is 26.1 Å². The number of benzene rings is 1. The van der Waals surface area contributed by atoms with Gasteiger partial charge >= 0.3 is 0 Å². The number of amides is 1. The van der Waals surface area contributed by atoms with Crippen molar-refractivity contribution >= 4 is 5.91 Å². The number of nitrogens with two attached hydrogens (primary N) is 1. The first-order valence-corrected chi connectivity index (χ1v) is 6.65. The van der Waals surface area contributed by atoms with Crippen molar-refractivity contribution in [2.24, 2.45) is 11.1 Å². The van der Waals surface area contributed by atoms with Crippen LogP contribution in [0.5, 0.6) is 5.75 Å². The zero-order valence-electron chi connectivity index (χ0n) is 11.9. The van der Waals surface area contributed by atoms with Gasteiger partial charge in [0.15, 0.2) is 0 Å². The summed E-state index contributed by atoms with van der Waals surface area (Å²) >= 11 is 0. The van der Waals surface area contributed by atoms with Crippen molar-refractivity contribution in [3.8, 4) is 5.75 Å². The molecule has 0 atom stereocenters. The molecule has 0 aliphatic heterocycles. The van der Waals surface area contributed by atoms with Gasteiger partial charge in [-0.2, -0.15) is 0 Å². The van der Waals surface area contributed by atoms with Gasteiger partial charge in [0.05, 0.1) is 7.11 Å². The first kappa shape index (κ1) is 13.9. The van der Waals surface area contributed by atoms with Gasteiger partial charge in [0.1, 0.15) is 5.75 Å². The summed E-state index contributed by atoms with van der Waals surface area (Å²) in [6.45, 7) is 5.23. The molecule has 0 saturated heterocycles. The molecule has 4 nitrogen and oxygen atoms in total. The van der Waals surface area contributed by atoms with Gasteiger partial charge in [-0.3, -0.25) is 4.79 Å². The van der Waals surface area contributed by atoms with Crippen molar-refractivity contribution in [2.45, 2.75) is 26.7 Å². The predicted molar refractivity (Wildman–Crippen MR) is 75.5 cm³/mol. The van der Waals surface area contributed by atoms with Crippen LogP contribution < -0.4 is 15.8 Å². The number of nitrogens with one attached hydrogen (secondary N) is 1. The Bertz CT molecular complexity index is 493. The molecule has 4 heteroatoms. The molecule has 1 aromatic carbocycles. The monoisotopic (exact) mass is 262 g/mol. The number of hydrogen-bond acceptors (Lipinski definition) is 3. The van der Waals surface area contributed by atoms with Crippen molar-refractivity contribution in [3.05, 3.63) is 28.8 Å². The Balaban J connectivity index is 2.09. The van der Waals surface area contributed by atoms with Crippen LogP contribution in [0.15, 0.2) is 12.1 Å². The van der Waals surface area contributed by atoms with Gasteiger partial charge < -0.3 is 15.8 Å². The van der Waals surface area contributed by atoms with Crippen LogP contribution in [0.1, 0.15) is 34.3 Å². The Morgan fingerprint density at radius 2 is 2.05 bits per heavy atom. The molecule has 1 aliphatic carbocycles. The lowest BCUT2D eigenvalue weighted by molar-refractivity contribution is 0.0944. The molecule has 104 valence electrons. The third-order valence-corrected chi connectivity index (χ3v) is 4.22. The van der Waals surface area contributed by atoms with Crippen molar-refractivity contribution in [1.82, 2.24) is 5.32 Å². The van der Waals surface area contributed by atoms with E-state index < -0.39 is 0 Å². The van der Waals surface area contributed by atoms with Gasteiger partial charge in [-0.25, -0.2) is 0 Å². The highest BCUT2D eigenvalue weighted by atomic mass is 16.5. The number of carbonyl (C=O) groups is 1. The summed E-state index contributed by atoms with van der Waals surface area (Å²) in [5.41, 5.74) is 8.57. The van der Waals surface area contributed by atoms with Gasteiger partial charge in [-0.1, -0.05) is 0 Å². The summed E-state index contributed by atoms with van der Waals surface area (Å²) in [4.78, 5) is 12.2. The van der Waals surface area contributed by atoms with Crippen LogP contribution in [0.3, 0.4) is 0 Å². The maximum absolute atomic E-state index is 12.2. The van der Waals surface area contributed by atoms with Crippen LogP contribution in [0.25, 0.3) is 0 Å². The molecule has 0 unspecified atom stereocenters. The van der Waals surface area contributed by atoms with Gasteiger partial charge in [0.25, 0.3) is 5.91 Å². The standard InChI is InChI=1S/C15H22N2O2/c1-10-11(2)13(19-3)5-4-12(10)14(18)17-9-15(8-16)6-7-15/h4-5H,6-9,16H2,1-3H3,(H,17,18). The van der Waals surface area contributed by atoms with Crippen molar-refractivity contribution in [2.75, 3.05) is 20.2 Å². The minimum absolute atomic E-state index is 0.0250. The van der Waals surface area contributed by atoms with Gasteiger partial charge in [-0.05, 0) is 56.5 Å². The summed E-state index contributed by atoms with van der Waals surface area (Å²) < 4.78 is 5.25. The minimum Gasteiger partial charge on any atom is -0.496 e. The van der Waals surface area contributed by atoms with E-state index in [0.717, 1.165) is 29.7 Å². The topological polar surface area (TPSA) is 64.3 Å². The van der Waals surface area contributed by atoms with Crippen LogP contribution in [0.2, 0.25) is 0 Å². The smallest absolute Gasteiger partial charge is 0.251 e. The Kier molecular flexibility index (Phi) is 3.80. The van der Waals surface area contributed by atoms with Gasteiger partial charge in [-0.15, -0.1) is 0 Å². The molecule has 2 rings (SSSR count). The highest BCUT2D eigenvalue weighted by molar-refractivity contribution is 5.96. The number of hydrogen-bond donors (Lipinski definition) is 2. The van der Waals surface area contributed by atoms with Crippen molar-refractivity contribution < 1.29 is 9.53 Å². The van der Waals surface area contributed by atoms with Crippen molar-refractivity contribution in [1.29, 1.82) is 0 Å². The fourth-order valence-electron chi connectivity index (χ4n) is 2.26. The molecule has 1 aliphatic rings. The molecule has 1 fully saturated rings. The fraction of sp³-hybridized carbons (Fsp3) is 0.533. The van der Waals surface area contributed by atoms with Crippen LogP contribution >= 0.6 is 0 Å². The van der Waals surface area contributed by atoms with E-state index >= 15 is 0 Å². The Labute approximate surface area is 114 Å². The van der Waals surface area contributed by atoms with E-state index in [4.69, 9.17) is 10.5 Å². The quantitative estimate of drug-likeness (QED) is 0.850. The first-order valence-electron chi connectivity index (χ1n) is 6.65. The zero-order chi connectivity index (χ0) is 14.0. The molecule has 1 saturated carbocycles. The van der Waals surface area contributed by atoms with Crippen LogP contribution in [0.4, 0.5) is 0 Å². The molecule has 0 radical (unpaired) electrons. The maximum atomic E-state index is 12.2. The molecule has 1 amide bonds. The second-order valence-electron chi connectivity index (χ2n) is 5.45. The summed E-state index contributed by atoms with van der Waals surface area (Å²) in [5, 5.41) is 3.00.